The van der Waals surface area contributed by atoms with Gasteiger partial charge in [0, 0.05) is 0 Å². The molecule has 0 unspecified atom stereocenters. The maximum absolute atomic E-state index is 5.81. The molecule has 0 atom stereocenters. The summed E-state index contributed by atoms with van der Waals surface area (Å²) in [6, 6.07) is 2.03. The second-order valence-corrected chi connectivity index (χ2v) is 7.18. The standard InChI is InChI=1S/C2H5B22IS/c1-2-26(3)24-22-20-18-16-14-12-10-8-6-4-5-7-9-11-13-15-17-19-21-23-25/h2H2,1H3. The van der Waals surface area contributed by atoms with E-state index < -0.39 is 0 Å². The molecule has 0 saturated carbocycles. The normalized spacial score (nSPS) is 8.69. The molecule has 0 aliphatic carbocycles. The Balaban J connectivity index is 3.99. The van der Waals surface area contributed by atoms with Crippen LogP contribution < -0.4 is 0 Å². The Morgan fingerprint density at radius 3 is 1.08 bits per heavy atom. The van der Waals surface area contributed by atoms with Crippen molar-refractivity contribution in [2.45, 2.75) is 6.92 Å². The number of hydrogen-bond acceptors (Lipinski definition) is 0. The molecule has 0 aliphatic heterocycles. The van der Waals surface area contributed by atoms with Gasteiger partial charge in [0.1, 0.15) is 0 Å². The first-order chi connectivity index (χ1) is 12.8. The fourth-order valence-electron chi connectivity index (χ4n) is 1.38. The van der Waals surface area contributed by atoms with Gasteiger partial charge in [-0.25, -0.2) is 0 Å². The summed E-state index contributed by atoms with van der Waals surface area (Å²) in [4.78, 5) is 0. The first kappa shape index (κ1) is 28.4. The van der Waals surface area contributed by atoms with E-state index in [-0.39, 0.29) is 9.56 Å². The van der Waals surface area contributed by atoms with Gasteiger partial charge in [-0.3, -0.25) is 0 Å². The Hall–Kier alpha value is 2.38. The van der Waals surface area contributed by atoms with E-state index in [9.17, 15) is 0 Å². The van der Waals surface area contributed by atoms with Gasteiger partial charge < -0.3 is 0 Å². The number of rotatable bonds is 10. The average Bonchev–Trinajstić information content (AvgIpc) is 2.66. The molecule has 0 aromatic heterocycles. The summed E-state index contributed by atoms with van der Waals surface area (Å²) in [6.07, 6.45) is 0. The Bertz CT molecular complexity index is 781. The second kappa shape index (κ2) is 25.4. The van der Waals surface area contributed by atoms with E-state index in [0.29, 0.717) is 0 Å². The van der Waals surface area contributed by atoms with E-state index in [0.717, 1.165) is 5.75 Å². The van der Waals surface area contributed by atoms with Gasteiger partial charge >= 0.3 is 189 Å². The minimum absolute atomic E-state index is 0.0968. The van der Waals surface area contributed by atoms with Gasteiger partial charge in [0.2, 0.25) is 0 Å². The number of halogens is 1. The fraction of sp³-hybridized carbons (Fsp3) is 1.00. The van der Waals surface area contributed by atoms with Crippen molar-refractivity contribution in [1.82, 2.24) is 0 Å². The maximum atomic E-state index is 5.81. The van der Waals surface area contributed by atoms with Gasteiger partial charge in [-0.1, -0.05) is 0 Å². The van der Waals surface area contributed by atoms with Crippen LogP contribution in [-0.4, -0.2) is 150 Å². The zero-order valence-corrected chi connectivity index (χ0v) is 18.2. The first-order valence-corrected chi connectivity index (χ1v) is 11.1. The van der Waals surface area contributed by atoms with Gasteiger partial charge in [-0.2, -0.15) is 0 Å². The third-order valence-electron chi connectivity index (χ3n) is 2.66. The summed E-state index contributed by atoms with van der Waals surface area (Å²) >= 11 is 2.19. The minimum atomic E-state index is -0.0968. The summed E-state index contributed by atoms with van der Waals surface area (Å²) in [5, 5.41) is 0. The van der Waals surface area contributed by atoms with Crippen LogP contribution in [0.1, 0.15) is 6.92 Å². The predicted molar refractivity (Wildman–Crippen MR) is 159 cm³/mol. The molecule has 0 aromatic rings. The van der Waals surface area contributed by atoms with Gasteiger partial charge in [0.25, 0.3) is 0 Å². The van der Waals surface area contributed by atoms with Crippen LogP contribution in [0.15, 0.2) is 0 Å². The molecule has 0 amide bonds. The molecule has 0 fully saturated rings. The summed E-state index contributed by atoms with van der Waals surface area (Å²) in [5.41, 5.74) is 0. The molecule has 0 bridgehead atoms. The second-order valence-electron chi connectivity index (χ2n) is 4.68. The van der Waals surface area contributed by atoms with Crippen molar-refractivity contribution in [1.29, 1.82) is 0 Å². The SMILES string of the molecule is B#S(=BB=BB=BB=BB=BB=BB=BB=BB=BB=BB=BI)CC. The van der Waals surface area contributed by atoms with Crippen LogP contribution in [0.25, 0.3) is 0 Å². The fourth-order valence-corrected chi connectivity index (χ4v) is 2.10. The Morgan fingerprint density at radius 2 is 0.808 bits per heavy atom. The van der Waals surface area contributed by atoms with Gasteiger partial charge in [-0.05, 0) is 0 Å². The molecule has 0 aromatic carbocycles. The summed E-state index contributed by atoms with van der Waals surface area (Å²) in [5.74, 6) is 0.989. The van der Waals surface area contributed by atoms with Crippen molar-refractivity contribution >= 4 is 176 Å². The molecule has 92 valence electrons. The molecule has 0 nitrogen and oxygen atoms in total. The average molecular weight is 426 g/mol. The van der Waals surface area contributed by atoms with Crippen LogP contribution >= 0.6 is 31.9 Å². The third kappa shape index (κ3) is 24.4. The van der Waals surface area contributed by atoms with Crippen molar-refractivity contribution in [3.63, 3.8) is 0 Å². The Labute approximate surface area is 187 Å². The molecule has 0 spiro atoms. The molecule has 0 heterocycles. The molecular formula is C2H5B22IS. The molecular weight excluding hydrogens is 421 g/mol. The van der Waals surface area contributed by atoms with Crippen LogP contribution in [-0.2, 0) is 0 Å². The molecule has 26 heavy (non-hydrogen) atoms. The third-order valence-corrected chi connectivity index (χ3v) is 4.25. The predicted octanol–water partition coefficient (Wildman–Crippen LogP) is -6.29. The summed E-state index contributed by atoms with van der Waals surface area (Å²) in [6.45, 7) is 45.8. The van der Waals surface area contributed by atoms with Gasteiger partial charge in [0.05, 0.1) is 0 Å². The quantitative estimate of drug-likeness (QED) is 0.241. The molecule has 0 saturated heterocycles. The Morgan fingerprint density at radius 1 is 0.538 bits per heavy atom. The monoisotopic (exact) mass is 430 g/mol. The molecule has 0 rings (SSSR count). The van der Waals surface area contributed by atoms with E-state index in [2.05, 4.69) is 29.3 Å². The molecule has 24 heteroatoms. The van der Waals surface area contributed by atoms with Crippen LogP contribution in [0, 0.1) is 0 Å². The molecule has 0 radical (unpaired) electrons. The molecule has 0 N–H and O–H groups in total. The van der Waals surface area contributed by atoms with Crippen molar-refractivity contribution in [3.8, 4) is 0 Å². The zero-order chi connectivity index (χ0) is 19.1. The zero-order valence-electron chi connectivity index (χ0n) is 15.2. The van der Waals surface area contributed by atoms with Crippen molar-refractivity contribution < 1.29 is 0 Å². The molecule has 0 aliphatic rings. The van der Waals surface area contributed by atoms with Crippen molar-refractivity contribution in [2.24, 2.45) is 0 Å². The van der Waals surface area contributed by atoms with Crippen LogP contribution in [0.4, 0.5) is 0 Å². The van der Waals surface area contributed by atoms with Crippen LogP contribution in [0.3, 0.4) is 0 Å². The van der Waals surface area contributed by atoms with Gasteiger partial charge in [-0.15, -0.1) is 0 Å². The summed E-state index contributed by atoms with van der Waals surface area (Å²) in [7, 11) is -0.0968. The van der Waals surface area contributed by atoms with Crippen LogP contribution in [0.5, 0.6) is 0 Å². The number of hydrogen-bond donors (Lipinski definition) is 0. The van der Waals surface area contributed by atoms with E-state index in [1.165, 1.54) is 0 Å². The Kier molecular flexibility index (Phi) is 27.7. The van der Waals surface area contributed by atoms with E-state index in [1.807, 2.05) is 138 Å². The van der Waals surface area contributed by atoms with E-state index in [1.54, 1.807) is 0 Å². The van der Waals surface area contributed by atoms with Crippen molar-refractivity contribution in [3.05, 3.63) is 0 Å². The van der Waals surface area contributed by atoms with Crippen molar-refractivity contribution in [2.75, 3.05) is 5.75 Å². The first-order valence-electron chi connectivity index (χ1n) is 8.35. The summed E-state index contributed by atoms with van der Waals surface area (Å²) < 4.78 is 1.97. The van der Waals surface area contributed by atoms with E-state index in [4.69, 9.17) is 6.53 Å². The van der Waals surface area contributed by atoms with Gasteiger partial charge in [0.15, 0.2) is 0 Å². The van der Waals surface area contributed by atoms with E-state index >= 15 is 0 Å². The van der Waals surface area contributed by atoms with Crippen LogP contribution in [0.2, 0.25) is 0 Å². The topological polar surface area (TPSA) is 0 Å².